The van der Waals surface area contributed by atoms with Crippen LogP contribution in [0.5, 0.6) is 5.75 Å². The molecule has 0 aliphatic carbocycles. The highest BCUT2D eigenvalue weighted by Crippen LogP contribution is 2.53. The predicted octanol–water partition coefficient (Wildman–Crippen LogP) is 6.72. The number of nitrogens with zero attached hydrogens (tertiary/aromatic N) is 1. The summed E-state index contributed by atoms with van der Waals surface area (Å²) in [6.45, 7) is 3.90. The Balaban J connectivity index is 1.44. The number of amides is 1. The van der Waals surface area contributed by atoms with E-state index in [9.17, 15) is 9.59 Å². The molecule has 3 aromatic rings. The number of esters is 1. The van der Waals surface area contributed by atoms with Crippen molar-refractivity contribution in [3.05, 3.63) is 111 Å². The first-order valence-corrected chi connectivity index (χ1v) is 13.5. The Hall–Kier alpha value is -2.74. The number of carbonyl (C=O) groups excluding carboxylic acids is 2. The van der Waals surface area contributed by atoms with Crippen molar-refractivity contribution in [3.63, 3.8) is 0 Å². The summed E-state index contributed by atoms with van der Waals surface area (Å²) in [5, 5.41) is 0.103. The Morgan fingerprint density at radius 3 is 2.19 bits per heavy atom. The fourth-order valence-electron chi connectivity index (χ4n) is 4.51. The van der Waals surface area contributed by atoms with Gasteiger partial charge in [0.15, 0.2) is 6.10 Å². The van der Waals surface area contributed by atoms with Gasteiger partial charge in [-0.3, -0.25) is 4.79 Å². The van der Waals surface area contributed by atoms with Crippen LogP contribution in [0.25, 0.3) is 0 Å². The topological polar surface area (TPSA) is 55.8 Å². The van der Waals surface area contributed by atoms with E-state index >= 15 is 0 Å². The van der Waals surface area contributed by atoms with Gasteiger partial charge in [0.05, 0.1) is 4.48 Å². The molecule has 0 aromatic heterocycles. The summed E-state index contributed by atoms with van der Waals surface area (Å²) in [6.07, 6.45) is -0.601. The molecule has 5 nitrogen and oxygen atoms in total. The summed E-state index contributed by atoms with van der Waals surface area (Å²) in [5.41, 5.74) is 1.71. The fraction of sp³-hybridized carbons (Fsp3) is 0.214. The zero-order valence-electron chi connectivity index (χ0n) is 19.6. The van der Waals surface area contributed by atoms with Gasteiger partial charge in [0.2, 0.25) is 5.76 Å². The molecule has 0 saturated carbocycles. The van der Waals surface area contributed by atoms with E-state index < -0.39 is 28.2 Å². The van der Waals surface area contributed by atoms with E-state index in [0.717, 1.165) is 11.1 Å². The summed E-state index contributed by atoms with van der Waals surface area (Å²) < 4.78 is 12.1. The number of hydrogen-bond acceptors (Lipinski definition) is 5. The van der Waals surface area contributed by atoms with Gasteiger partial charge in [-0.1, -0.05) is 78.3 Å². The van der Waals surface area contributed by atoms with Gasteiger partial charge >= 0.3 is 5.97 Å². The van der Waals surface area contributed by atoms with E-state index in [4.69, 9.17) is 21.1 Å². The van der Waals surface area contributed by atoms with Crippen molar-refractivity contribution in [2.75, 3.05) is 0 Å². The Bertz CT molecular complexity index is 1290. The molecule has 5 rings (SSSR count). The second-order valence-electron chi connectivity index (χ2n) is 9.06. The molecule has 0 N–H and O–H groups in total. The average molecular weight is 585 g/mol. The zero-order chi connectivity index (χ0) is 25.4. The number of halogens is 2. The number of rotatable bonds is 6. The van der Waals surface area contributed by atoms with Gasteiger partial charge in [0.25, 0.3) is 5.91 Å². The third-order valence-electron chi connectivity index (χ3n) is 6.15. The van der Waals surface area contributed by atoms with Gasteiger partial charge in [-0.25, -0.2) is 4.79 Å². The van der Waals surface area contributed by atoms with Gasteiger partial charge < -0.3 is 14.4 Å². The molecule has 3 aromatic carbocycles. The minimum atomic E-state index is -0.817. The molecule has 184 valence electrons. The van der Waals surface area contributed by atoms with Crippen LogP contribution in [-0.4, -0.2) is 32.9 Å². The molecule has 1 amide bonds. The summed E-state index contributed by atoms with van der Waals surface area (Å²) >= 11 is 11.2. The number of hydrogen-bond donors (Lipinski definition) is 0. The van der Waals surface area contributed by atoms with Crippen molar-refractivity contribution in [2.24, 2.45) is 0 Å². The molecule has 2 aliphatic rings. The van der Waals surface area contributed by atoms with E-state index in [1.807, 2.05) is 74.5 Å². The van der Waals surface area contributed by atoms with Crippen molar-refractivity contribution in [1.82, 2.24) is 4.90 Å². The molecule has 0 unspecified atom stereocenters. The van der Waals surface area contributed by atoms with Gasteiger partial charge in [0.1, 0.15) is 17.2 Å². The Labute approximate surface area is 227 Å². The first-order valence-electron chi connectivity index (χ1n) is 11.4. The van der Waals surface area contributed by atoms with Gasteiger partial charge in [0, 0.05) is 9.77 Å². The molecule has 2 atom stereocenters. The first kappa shape index (κ1) is 24.9. The third kappa shape index (κ3) is 4.67. The monoisotopic (exact) mass is 583 g/mol. The lowest BCUT2D eigenvalue weighted by Gasteiger charge is -2.30. The van der Waals surface area contributed by atoms with Crippen molar-refractivity contribution in [3.8, 4) is 5.75 Å². The molecular formula is C28H23BrClNO4S. The lowest BCUT2D eigenvalue weighted by atomic mass is 9.99. The number of benzene rings is 3. The van der Waals surface area contributed by atoms with Crippen LogP contribution in [-0.2, 0) is 14.3 Å². The Morgan fingerprint density at radius 2 is 1.61 bits per heavy atom. The molecule has 0 radical (unpaired) electrons. The number of fused-ring (bicyclic) bond motifs is 1. The minimum Gasteiger partial charge on any atom is -0.451 e. The number of carbonyl (C=O) groups is 2. The van der Waals surface area contributed by atoms with E-state index in [1.54, 1.807) is 29.2 Å². The van der Waals surface area contributed by atoms with Crippen LogP contribution in [0.2, 0.25) is 5.02 Å². The first-order chi connectivity index (χ1) is 17.3. The lowest BCUT2D eigenvalue weighted by molar-refractivity contribution is -0.157. The van der Waals surface area contributed by atoms with Crippen molar-refractivity contribution in [2.45, 2.75) is 36.1 Å². The summed E-state index contributed by atoms with van der Waals surface area (Å²) in [5.74, 6) is -0.250. The maximum Gasteiger partial charge on any atom is 0.331 e. The molecule has 0 spiro atoms. The molecule has 2 heterocycles. The molecular weight excluding hydrogens is 562 g/mol. The summed E-state index contributed by atoms with van der Waals surface area (Å²) in [6, 6.07) is 25.2. The molecule has 8 heteroatoms. The van der Waals surface area contributed by atoms with Crippen molar-refractivity contribution in [1.29, 1.82) is 0 Å². The minimum absolute atomic E-state index is 0.144. The number of ether oxygens (including phenoxy) is 2. The highest BCUT2D eigenvalue weighted by molar-refractivity contribution is 9.12. The van der Waals surface area contributed by atoms with E-state index in [1.165, 1.54) is 11.8 Å². The van der Waals surface area contributed by atoms with E-state index in [-0.39, 0.29) is 11.7 Å². The second-order valence-corrected chi connectivity index (χ2v) is 12.1. The molecule has 1 fully saturated rings. The fourth-order valence-corrected chi connectivity index (χ4v) is 6.90. The lowest BCUT2D eigenvalue weighted by Crippen LogP contribution is -2.50. The standard InChI is InChI=1S/C28H23BrClNO4S/c1-28(2)24(27(33)35-22(17-10-5-3-6-11-17)18-12-7-4-8-13-18)31-25(32)23(21(29)26(31)36-28)34-20-15-9-14-19(30)16-20/h3-16,22,24,26H,1-2H3/t24-,26+/m0/s1. The summed E-state index contributed by atoms with van der Waals surface area (Å²) in [7, 11) is 0. The SMILES string of the molecule is CC1(C)S[C@@H]2C(Br)=C(Oc3cccc(Cl)c3)C(=O)N2[C@H]1C(=O)OC(c1ccccc1)c1ccccc1. The van der Waals surface area contributed by atoms with Gasteiger partial charge in [-0.2, -0.15) is 0 Å². The van der Waals surface area contributed by atoms with Gasteiger partial charge in [-0.05, 0) is 59.1 Å². The highest BCUT2D eigenvalue weighted by atomic mass is 79.9. The summed E-state index contributed by atoms with van der Waals surface area (Å²) in [4.78, 5) is 28.9. The largest absolute Gasteiger partial charge is 0.451 e. The third-order valence-corrected chi connectivity index (χ3v) is 8.99. The molecule has 36 heavy (non-hydrogen) atoms. The van der Waals surface area contributed by atoms with Crippen molar-refractivity contribution < 1.29 is 19.1 Å². The Kier molecular flexibility index (Phi) is 6.90. The van der Waals surface area contributed by atoms with Crippen molar-refractivity contribution >= 4 is 51.2 Å². The molecule has 0 bridgehead atoms. The second kappa shape index (κ2) is 9.96. The molecule has 1 saturated heterocycles. The van der Waals surface area contributed by atoms with Crippen LogP contribution < -0.4 is 4.74 Å². The van der Waals surface area contributed by atoms with Crippen LogP contribution in [0.4, 0.5) is 0 Å². The highest BCUT2D eigenvalue weighted by Gasteiger charge is 2.59. The smallest absolute Gasteiger partial charge is 0.331 e. The van der Waals surface area contributed by atoms with Crippen LogP contribution in [0.1, 0.15) is 31.1 Å². The maximum absolute atomic E-state index is 13.8. The van der Waals surface area contributed by atoms with Crippen LogP contribution in [0.3, 0.4) is 0 Å². The van der Waals surface area contributed by atoms with Crippen LogP contribution in [0, 0.1) is 0 Å². The quantitative estimate of drug-likeness (QED) is 0.301. The number of thioether (sulfide) groups is 1. The predicted molar refractivity (Wildman–Crippen MR) is 145 cm³/mol. The van der Waals surface area contributed by atoms with E-state index in [0.29, 0.717) is 15.3 Å². The Morgan fingerprint density at radius 1 is 1.00 bits per heavy atom. The van der Waals surface area contributed by atoms with E-state index in [2.05, 4.69) is 15.9 Å². The zero-order valence-corrected chi connectivity index (χ0v) is 22.7. The van der Waals surface area contributed by atoms with Gasteiger partial charge in [-0.15, -0.1) is 11.8 Å². The van der Waals surface area contributed by atoms with Crippen LogP contribution >= 0.6 is 39.3 Å². The maximum atomic E-state index is 13.8. The molecule has 2 aliphatic heterocycles. The average Bonchev–Trinajstić information content (AvgIpc) is 3.27. The van der Waals surface area contributed by atoms with Crippen LogP contribution in [0.15, 0.2) is 95.2 Å². The normalized spacial score (nSPS) is 20.6.